The van der Waals surface area contributed by atoms with Crippen LogP contribution in [0.15, 0.2) is 42.5 Å². The van der Waals surface area contributed by atoms with Gasteiger partial charge in [0.05, 0.1) is 0 Å². The summed E-state index contributed by atoms with van der Waals surface area (Å²) >= 11 is 0. The average molecular weight is 543 g/mol. The number of halogens is 3. The number of hydrogen-bond acceptors (Lipinski definition) is 4. The largest absolute Gasteiger partial charge is 1.00 e. The molecule has 1 saturated carbocycles. The fourth-order valence-electron chi connectivity index (χ4n) is 2.55. The van der Waals surface area contributed by atoms with Gasteiger partial charge in [0.25, 0.3) is 0 Å². The first-order valence-corrected chi connectivity index (χ1v) is 10.2. The van der Waals surface area contributed by atoms with Gasteiger partial charge in [-0.3, -0.25) is 6.29 Å². The van der Waals surface area contributed by atoms with Crippen LogP contribution in [0.3, 0.4) is 0 Å². The Balaban J connectivity index is -0.000000188. The summed E-state index contributed by atoms with van der Waals surface area (Å²) in [5.74, 6) is 0.271. The second-order valence-electron chi connectivity index (χ2n) is 6.89. The first-order valence-electron chi connectivity index (χ1n) is 10.2. The molecule has 2 aromatic rings. The van der Waals surface area contributed by atoms with Crippen LogP contribution in [-0.2, 0) is 27.2 Å². The fraction of sp³-hybridized carbons (Fsp3) is 0.385. The summed E-state index contributed by atoms with van der Waals surface area (Å²) < 4.78 is 35.2. The van der Waals surface area contributed by atoms with E-state index in [-0.39, 0.29) is 121 Å². The number of hydrogen-bond donors (Lipinski definition) is 1. The Kier molecular flexibility index (Phi) is 33.2. The zero-order chi connectivity index (χ0) is 25.7. The monoisotopic (exact) mass is 542 g/mol. The van der Waals surface area contributed by atoms with E-state index < -0.39 is 12.6 Å². The average Bonchev–Trinajstić information content (AvgIpc) is 3.65. The van der Waals surface area contributed by atoms with Gasteiger partial charge in [-0.1, -0.05) is 38.5 Å². The first-order chi connectivity index (χ1) is 15.8. The maximum Gasteiger partial charge on any atom is 1.00 e. The summed E-state index contributed by atoms with van der Waals surface area (Å²) in [5, 5.41) is 8.47. The summed E-state index contributed by atoms with van der Waals surface area (Å²) in [6.45, 7) is 10.1. The van der Waals surface area contributed by atoms with Crippen LogP contribution in [0.2, 0.25) is 0 Å². The van der Waals surface area contributed by atoms with E-state index in [9.17, 15) is 18.0 Å². The molecule has 1 N–H and O–H groups in total. The van der Waals surface area contributed by atoms with E-state index >= 15 is 0 Å². The van der Waals surface area contributed by atoms with Gasteiger partial charge in [-0.2, -0.15) is 85.8 Å². The van der Waals surface area contributed by atoms with E-state index in [0.29, 0.717) is 5.92 Å². The van der Waals surface area contributed by atoms with E-state index in [0.717, 1.165) is 24.8 Å². The van der Waals surface area contributed by atoms with Gasteiger partial charge < -0.3 is 19.5 Å². The molecule has 0 heterocycles. The van der Waals surface area contributed by atoms with Gasteiger partial charge >= 0.3 is 109 Å². The summed E-state index contributed by atoms with van der Waals surface area (Å²) in [6.07, 6.45) is 1.32. The topological polar surface area (TPSA) is 71.4 Å². The second-order valence-corrected chi connectivity index (χ2v) is 6.89. The summed E-state index contributed by atoms with van der Waals surface area (Å²) in [6, 6.07) is 17.4. The molecule has 0 radical (unpaired) electrons. The Bertz CT molecular complexity index is 741. The number of carbonyl (C=O) groups is 2. The van der Waals surface area contributed by atoms with Crippen molar-refractivity contribution in [2.24, 2.45) is 11.8 Å². The summed E-state index contributed by atoms with van der Waals surface area (Å²) in [4.78, 5) is 25.9. The van der Waals surface area contributed by atoms with Crippen molar-refractivity contribution in [2.45, 2.75) is 45.2 Å². The molecule has 35 heavy (non-hydrogen) atoms. The zero-order valence-corrected chi connectivity index (χ0v) is 27.1. The minimum atomic E-state index is -4.12. The number of benzene rings is 2. The fourth-order valence-corrected chi connectivity index (χ4v) is 2.55. The van der Waals surface area contributed by atoms with Gasteiger partial charge in [-0.05, 0) is 0 Å². The number of aliphatic hydroxyl groups excluding tert-OH is 1. The Hall–Kier alpha value is 0.343. The molecule has 184 valence electrons. The molecule has 0 bridgehead atoms. The minimum absolute atomic E-state index is 0. The predicted molar refractivity (Wildman–Crippen MR) is 122 cm³/mol. The summed E-state index contributed by atoms with van der Waals surface area (Å²) in [5.41, 5.74) is 2.71. The van der Waals surface area contributed by atoms with Gasteiger partial charge in [0.1, 0.15) is 13.6 Å². The minimum Gasteiger partial charge on any atom is -0.541 e. The van der Waals surface area contributed by atoms with Crippen molar-refractivity contribution in [3.05, 3.63) is 78.2 Å². The molecule has 1 atom stereocenters. The van der Waals surface area contributed by atoms with Crippen LogP contribution < -0.4 is 103 Å². The van der Waals surface area contributed by atoms with Crippen LogP contribution in [0.1, 0.15) is 42.9 Å². The number of aliphatic hydroxyl groups is 1. The molecular weight excluding hydrogens is 511 g/mol. The third-order valence-electron chi connectivity index (χ3n) is 4.29. The Labute approximate surface area is 292 Å². The number of alkyl halides is 3. The molecule has 1 aliphatic carbocycles. The molecule has 0 saturated heterocycles. The molecule has 1 aliphatic rings. The quantitative estimate of drug-likeness (QED) is 0.374. The SMILES string of the molecule is C=O.C=O.FC(F)(F)Cc1c[c-]ccc1.O=[C-]C(CO)C1CC1.[CH2-]c1cc[c-]cc1CCC.[K+].[K+]. The van der Waals surface area contributed by atoms with Crippen molar-refractivity contribution in [2.75, 3.05) is 6.61 Å². The maximum atomic E-state index is 11.7. The maximum absolute atomic E-state index is 11.7. The van der Waals surface area contributed by atoms with Crippen molar-refractivity contribution >= 4 is 19.9 Å². The molecule has 9 heteroatoms. The zero-order valence-electron chi connectivity index (χ0n) is 20.9. The van der Waals surface area contributed by atoms with Gasteiger partial charge in [0, 0.05) is 13.0 Å². The van der Waals surface area contributed by atoms with Crippen molar-refractivity contribution in [1.29, 1.82) is 0 Å². The summed E-state index contributed by atoms with van der Waals surface area (Å²) in [7, 11) is 0. The van der Waals surface area contributed by atoms with Crippen LogP contribution in [-0.4, -0.2) is 37.8 Å². The molecule has 3 rings (SSSR count). The molecular formula is C26H31F3K2O4-2. The van der Waals surface area contributed by atoms with Crippen LogP contribution in [0, 0.1) is 30.9 Å². The predicted octanol–water partition coefficient (Wildman–Crippen LogP) is -1.03. The van der Waals surface area contributed by atoms with Gasteiger partial charge in [-0.25, -0.2) is 0 Å². The van der Waals surface area contributed by atoms with Crippen molar-refractivity contribution in [1.82, 2.24) is 0 Å². The van der Waals surface area contributed by atoms with Crippen LogP contribution in [0.4, 0.5) is 13.2 Å². The standard InChI is InChI=1S/C10H12.C8H6F3.C6H9O2.2CH2O.2K/c1-3-6-10-8-5-4-7-9(10)2;9-8(10,11)6-7-4-2-1-3-5-7;7-3-6(4-8)5-1-2-5;2*1-2;;/h4,7-8H,2-3,6H2,1H3;1-2,4-5H,6H2;5-7H,1-3H2;2*1H2;;/q-2;2*-1;;;2*+1. The van der Waals surface area contributed by atoms with E-state index in [4.69, 9.17) is 14.7 Å². The normalized spacial score (nSPS) is 11.8. The van der Waals surface area contributed by atoms with E-state index in [1.54, 1.807) is 12.1 Å². The van der Waals surface area contributed by atoms with Crippen LogP contribution in [0.5, 0.6) is 0 Å². The van der Waals surface area contributed by atoms with E-state index in [2.05, 4.69) is 26.0 Å². The number of aryl methyl sites for hydroxylation is 1. The van der Waals surface area contributed by atoms with Gasteiger partial charge in [-0.15, -0.1) is 11.5 Å². The molecule has 0 aliphatic heterocycles. The molecule has 1 fully saturated rings. The molecule has 2 aromatic carbocycles. The first kappa shape index (κ1) is 42.4. The molecule has 4 nitrogen and oxygen atoms in total. The van der Waals surface area contributed by atoms with Crippen molar-refractivity contribution < 1.29 is 135 Å². The Morgan fingerprint density at radius 1 is 1.11 bits per heavy atom. The number of carbonyl (C=O) groups excluding carboxylic acids is 3. The molecule has 1 unspecified atom stereocenters. The van der Waals surface area contributed by atoms with Gasteiger partial charge in [0.15, 0.2) is 0 Å². The second kappa shape index (κ2) is 27.4. The van der Waals surface area contributed by atoms with E-state index in [1.165, 1.54) is 24.1 Å². The van der Waals surface area contributed by atoms with Crippen molar-refractivity contribution in [3.63, 3.8) is 0 Å². The van der Waals surface area contributed by atoms with Crippen LogP contribution in [0.25, 0.3) is 0 Å². The Morgan fingerprint density at radius 2 is 1.69 bits per heavy atom. The van der Waals surface area contributed by atoms with Crippen molar-refractivity contribution in [3.8, 4) is 0 Å². The number of rotatable bonds is 6. The third kappa shape index (κ3) is 24.4. The smallest absolute Gasteiger partial charge is 0.541 e. The Morgan fingerprint density at radius 3 is 2.03 bits per heavy atom. The van der Waals surface area contributed by atoms with Gasteiger partial charge in [0.2, 0.25) is 0 Å². The third-order valence-corrected chi connectivity index (χ3v) is 4.29. The van der Waals surface area contributed by atoms with E-state index in [1.807, 2.05) is 38.1 Å². The van der Waals surface area contributed by atoms with Crippen LogP contribution >= 0.6 is 0 Å². The molecule has 0 amide bonds. The molecule has 0 spiro atoms. The molecule has 0 aromatic heterocycles.